The van der Waals surface area contributed by atoms with Gasteiger partial charge in [0.2, 0.25) is 11.7 Å². The fraction of sp³-hybridized carbons (Fsp3) is 0.286. The van der Waals surface area contributed by atoms with Crippen molar-refractivity contribution in [2.75, 3.05) is 31.5 Å². The van der Waals surface area contributed by atoms with E-state index in [0.717, 1.165) is 24.2 Å². The first-order valence-corrected chi connectivity index (χ1v) is 9.89. The van der Waals surface area contributed by atoms with Crippen LogP contribution in [0.25, 0.3) is 11.4 Å². The number of urea groups is 1. The molecule has 29 heavy (non-hydrogen) atoms. The Balaban J connectivity index is 1.29. The molecule has 7 nitrogen and oxygen atoms in total. The molecule has 2 amide bonds. The topological polar surface area (TPSA) is 74.5 Å². The lowest BCUT2D eigenvalue weighted by molar-refractivity contribution is 0.133. The molecule has 2 heterocycles. The van der Waals surface area contributed by atoms with Gasteiger partial charge < -0.3 is 14.7 Å². The maximum Gasteiger partial charge on any atom is 0.321 e. The minimum Gasteiger partial charge on any atom is -0.338 e. The third kappa shape index (κ3) is 4.75. The quantitative estimate of drug-likeness (QED) is 0.701. The molecule has 0 bridgehead atoms. The normalized spacial score (nSPS) is 14.8. The number of hydrogen-bond acceptors (Lipinski definition) is 5. The highest BCUT2D eigenvalue weighted by molar-refractivity contribution is 6.31. The second-order valence-corrected chi connectivity index (χ2v) is 7.44. The Kier molecular flexibility index (Phi) is 5.78. The lowest BCUT2D eigenvalue weighted by Crippen LogP contribution is -2.49. The molecule has 0 unspecified atom stereocenters. The van der Waals surface area contributed by atoms with E-state index in [9.17, 15) is 4.79 Å². The molecule has 1 aliphatic heterocycles. The summed E-state index contributed by atoms with van der Waals surface area (Å²) in [5.41, 5.74) is 2.61. The van der Waals surface area contributed by atoms with Crippen molar-refractivity contribution in [1.82, 2.24) is 19.9 Å². The molecule has 0 spiro atoms. The number of amides is 2. The molecule has 0 aliphatic carbocycles. The van der Waals surface area contributed by atoms with Crippen molar-refractivity contribution in [2.24, 2.45) is 0 Å². The van der Waals surface area contributed by atoms with E-state index in [2.05, 4.69) is 20.4 Å². The number of anilines is 1. The monoisotopic (exact) mass is 411 g/mol. The van der Waals surface area contributed by atoms with E-state index in [-0.39, 0.29) is 6.03 Å². The van der Waals surface area contributed by atoms with E-state index in [1.165, 1.54) is 0 Å². The van der Waals surface area contributed by atoms with Gasteiger partial charge >= 0.3 is 6.03 Å². The Morgan fingerprint density at radius 2 is 1.90 bits per heavy atom. The lowest BCUT2D eigenvalue weighted by Gasteiger charge is -2.33. The first-order valence-electron chi connectivity index (χ1n) is 9.51. The third-order valence-corrected chi connectivity index (χ3v) is 5.35. The van der Waals surface area contributed by atoms with Gasteiger partial charge in [0.1, 0.15) is 0 Å². The fourth-order valence-corrected chi connectivity index (χ4v) is 3.38. The van der Waals surface area contributed by atoms with Crippen molar-refractivity contribution in [3.63, 3.8) is 0 Å². The zero-order valence-electron chi connectivity index (χ0n) is 16.1. The number of carbonyl (C=O) groups excluding carboxylic acids is 1. The van der Waals surface area contributed by atoms with Crippen molar-refractivity contribution >= 4 is 23.3 Å². The van der Waals surface area contributed by atoms with Gasteiger partial charge in [-0.05, 0) is 24.6 Å². The smallest absolute Gasteiger partial charge is 0.321 e. The summed E-state index contributed by atoms with van der Waals surface area (Å²) in [6.45, 7) is 5.24. The summed E-state index contributed by atoms with van der Waals surface area (Å²) in [5.74, 6) is 1.17. The molecule has 3 aromatic rings. The number of aryl methyl sites for hydroxylation is 1. The highest BCUT2D eigenvalue weighted by Crippen LogP contribution is 2.21. The van der Waals surface area contributed by atoms with Crippen molar-refractivity contribution in [1.29, 1.82) is 0 Å². The van der Waals surface area contributed by atoms with Crippen LogP contribution < -0.4 is 5.32 Å². The predicted octanol–water partition coefficient (Wildman–Crippen LogP) is 4.05. The average molecular weight is 412 g/mol. The second-order valence-electron chi connectivity index (χ2n) is 7.04. The molecular weight excluding hydrogens is 390 g/mol. The van der Waals surface area contributed by atoms with E-state index < -0.39 is 0 Å². The summed E-state index contributed by atoms with van der Waals surface area (Å²) in [4.78, 5) is 21.0. The van der Waals surface area contributed by atoms with Crippen LogP contribution in [0.5, 0.6) is 0 Å². The van der Waals surface area contributed by atoms with Crippen LogP contribution >= 0.6 is 11.6 Å². The van der Waals surface area contributed by atoms with E-state index in [4.69, 9.17) is 16.1 Å². The molecule has 150 valence electrons. The van der Waals surface area contributed by atoms with Crippen LogP contribution in [0.15, 0.2) is 53.1 Å². The lowest BCUT2D eigenvalue weighted by atomic mass is 10.2. The van der Waals surface area contributed by atoms with Crippen molar-refractivity contribution in [2.45, 2.75) is 13.5 Å². The van der Waals surface area contributed by atoms with E-state index in [1.54, 1.807) is 11.0 Å². The number of piperazine rings is 1. The van der Waals surface area contributed by atoms with E-state index >= 15 is 0 Å². The van der Waals surface area contributed by atoms with E-state index in [0.29, 0.717) is 42.1 Å². The SMILES string of the molecule is Cc1ccc(NC(=O)N2CCN(Cc3nc(-c4ccccc4)no3)CC2)cc1Cl. The molecule has 0 radical (unpaired) electrons. The summed E-state index contributed by atoms with van der Waals surface area (Å²) >= 11 is 6.13. The minimum atomic E-state index is -0.117. The van der Waals surface area contributed by atoms with Crippen molar-refractivity contribution in [3.05, 3.63) is 65.0 Å². The first kappa shape index (κ1) is 19.4. The van der Waals surface area contributed by atoms with Gasteiger partial charge in [-0.15, -0.1) is 0 Å². The van der Waals surface area contributed by atoms with Crippen LogP contribution in [-0.4, -0.2) is 52.2 Å². The van der Waals surface area contributed by atoms with Crippen LogP contribution in [0.3, 0.4) is 0 Å². The van der Waals surface area contributed by atoms with Gasteiger partial charge in [-0.3, -0.25) is 4.90 Å². The number of hydrogen-bond donors (Lipinski definition) is 1. The molecule has 1 saturated heterocycles. The zero-order valence-corrected chi connectivity index (χ0v) is 16.9. The standard InChI is InChI=1S/C21H22ClN5O2/c1-15-7-8-17(13-18(15)22)23-21(28)27-11-9-26(10-12-27)14-19-24-20(25-29-19)16-5-3-2-4-6-16/h2-8,13H,9-12,14H2,1H3,(H,23,28). The average Bonchev–Trinajstić information content (AvgIpc) is 3.20. The largest absolute Gasteiger partial charge is 0.338 e. The molecule has 1 aromatic heterocycles. The molecule has 1 fully saturated rings. The molecule has 4 rings (SSSR count). The number of carbonyl (C=O) groups is 1. The minimum absolute atomic E-state index is 0.117. The first-order chi connectivity index (χ1) is 14.1. The number of benzene rings is 2. The Hall–Kier alpha value is -2.90. The molecule has 2 aromatic carbocycles. The molecule has 1 aliphatic rings. The second kappa shape index (κ2) is 8.63. The highest BCUT2D eigenvalue weighted by atomic mass is 35.5. The maximum atomic E-state index is 12.5. The Morgan fingerprint density at radius 1 is 1.14 bits per heavy atom. The highest BCUT2D eigenvalue weighted by Gasteiger charge is 2.23. The van der Waals surface area contributed by atoms with Gasteiger partial charge in [0.25, 0.3) is 0 Å². The van der Waals surface area contributed by atoms with Gasteiger partial charge in [-0.1, -0.05) is 53.2 Å². The van der Waals surface area contributed by atoms with Crippen molar-refractivity contribution in [3.8, 4) is 11.4 Å². The number of rotatable bonds is 4. The Morgan fingerprint density at radius 3 is 2.62 bits per heavy atom. The third-order valence-electron chi connectivity index (χ3n) is 4.94. The number of nitrogens with one attached hydrogen (secondary N) is 1. The molecule has 1 N–H and O–H groups in total. The van der Waals surface area contributed by atoms with Crippen molar-refractivity contribution < 1.29 is 9.32 Å². The summed E-state index contributed by atoms with van der Waals surface area (Å²) in [5, 5.41) is 7.61. The Bertz CT molecular complexity index is 984. The summed E-state index contributed by atoms with van der Waals surface area (Å²) in [7, 11) is 0. The summed E-state index contributed by atoms with van der Waals surface area (Å²) in [6, 6.07) is 15.1. The van der Waals surface area contributed by atoms with Crippen LogP contribution in [0.1, 0.15) is 11.5 Å². The molecule has 8 heteroatoms. The van der Waals surface area contributed by atoms with Gasteiger partial charge in [0, 0.05) is 42.5 Å². The molecule has 0 saturated carbocycles. The Labute approximate surface area is 174 Å². The van der Waals surface area contributed by atoms with Gasteiger partial charge in [0.15, 0.2) is 0 Å². The van der Waals surface area contributed by atoms with Gasteiger partial charge in [-0.25, -0.2) is 4.79 Å². The summed E-state index contributed by atoms with van der Waals surface area (Å²) < 4.78 is 5.39. The molecular formula is C21H22ClN5O2. The molecule has 0 atom stereocenters. The number of nitrogens with zero attached hydrogens (tertiary/aromatic N) is 4. The van der Waals surface area contributed by atoms with Gasteiger partial charge in [-0.2, -0.15) is 4.98 Å². The van der Waals surface area contributed by atoms with Crippen LogP contribution in [0.2, 0.25) is 5.02 Å². The summed E-state index contributed by atoms with van der Waals surface area (Å²) in [6.07, 6.45) is 0. The van der Waals surface area contributed by atoms with Crippen LogP contribution in [0, 0.1) is 6.92 Å². The van der Waals surface area contributed by atoms with Crippen LogP contribution in [-0.2, 0) is 6.54 Å². The fourth-order valence-electron chi connectivity index (χ4n) is 3.20. The zero-order chi connectivity index (χ0) is 20.2. The van der Waals surface area contributed by atoms with E-state index in [1.807, 2.05) is 49.4 Å². The maximum absolute atomic E-state index is 12.5. The number of aromatic nitrogens is 2. The van der Waals surface area contributed by atoms with Crippen LogP contribution in [0.4, 0.5) is 10.5 Å². The predicted molar refractivity (Wildman–Crippen MR) is 112 cm³/mol. The van der Waals surface area contributed by atoms with Gasteiger partial charge in [0.05, 0.1) is 6.54 Å². The number of halogens is 1.